The number of Topliss-reactive ketones (excluding diaryl/α,β-unsaturated/α-hetero) is 1. The van der Waals surface area contributed by atoms with Crippen LogP contribution in [0.5, 0.6) is 0 Å². The minimum Gasteiger partial charge on any atom is -0.295 e. The van der Waals surface area contributed by atoms with Gasteiger partial charge in [0, 0.05) is 5.56 Å². The van der Waals surface area contributed by atoms with E-state index in [-0.39, 0.29) is 15.8 Å². The van der Waals surface area contributed by atoms with Crippen molar-refractivity contribution in [1.82, 2.24) is 4.98 Å². The molecule has 0 saturated heterocycles. The number of ketones is 1. The molecule has 104 valence electrons. The first kappa shape index (κ1) is 14.5. The second-order valence-corrected chi connectivity index (χ2v) is 6.13. The second-order valence-electron chi connectivity index (χ2n) is 4.06. The van der Waals surface area contributed by atoms with Gasteiger partial charge in [0.1, 0.15) is 5.15 Å². The lowest BCUT2D eigenvalue weighted by molar-refractivity contribution is 0.101. The van der Waals surface area contributed by atoms with Crippen LogP contribution in [0, 0.1) is 0 Å². The fourth-order valence-electron chi connectivity index (χ4n) is 1.53. The van der Waals surface area contributed by atoms with Gasteiger partial charge in [-0.3, -0.25) is 9.52 Å². The zero-order chi connectivity index (χ0) is 14.8. The Hall–Kier alpha value is -1.92. The van der Waals surface area contributed by atoms with Gasteiger partial charge in [0.05, 0.1) is 16.8 Å². The lowest BCUT2D eigenvalue weighted by atomic mass is 10.2. The van der Waals surface area contributed by atoms with Crippen molar-refractivity contribution in [3.63, 3.8) is 0 Å². The molecule has 0 fully saturated rings. The van der Waals surface area contributed by atoms with Crippen molar-refractivity contribution in [1.29, 1.82) is 0 Å². The first-order chi connectivity index (χ1) is 9.38. The molecule has 0 unspecified atom stereocenters. The highest BCUT2D eigenvalue weighted by Crippen LogP contribution is 2.17. The summed E-state index contributed by atoms with van der Waals surface area (Å²) >= 11 is 5.63. The van der Waals surface area contributed by atoms with Crippen molar-refractivity contribution >= 4 is 33.1 Å². The lowest BCUT2D eigenvalue weighted by Gasteiger charge is -2.08. The first-order valence-corrected chi connectivity index (χ1v) is 7.50. The van der Waals surface area contributed by atoms with Crippen molar-refractivity contribution in [3.05, 3.63) is 53.3 Å². The van der Waals surface area contributed by atoms with E-state index in [1.165, 1.54) is 43.5 Å². The molecule has 5 nitrogen and oxygen atoms in total. The zero-order valence-electron chi connectivity index (χ0n) is 10.5. The molecule has 1 N–H and O–H groups in total. The average molecular weight is 311 g/mol. The van der Waals surface area contributed by atoms with Gasteiger partial charge in [0.15, 0.2) is 5.78 Å². The van der Waals surface area contributed by atoms with E-state index in [0.717, 1.165) is 0 Å². The van der Waals surface area contributed by atoms with Gasteiger partial charge >= 0.3 is 0 Å². The van der Waals surface area contributed by atoms with Crippen LogP contribution in [0.15, 0.2) is 47.5 Å². The van der Waals surface area contributed by atoms with Crippen LogP contribution in [0.2, 0.25) is 5.15 Å². The summed E-state index contributed by atoms with van der Waals surface area (Å²) in [6.07, 6.45) is 1.31. The molecule has 2 rings (SSSR count). The van der Waals surface area contributed by atoms with Gasteiger partial charge in [0.2, 0.25) is 0 Å². The van der Waals surface area contributed by atoms with E-state index in [1.54, 1.807) is 6.07 Å². The van der Waals surface area contributed by atoms with Gasteiger partial charge in [-0.15, -0.1) is 0 Å². The Balaban J connectivity index is 2.33. The molecule has 0 amide bonds. The molecule has 0 saturated carbocycles. The van der Waals surface area contributed by atoms with Crippen molar-refractivity contribution in [3.8, 4) is 0 Å². The highest BCUT2D eigenvalue weighted by molar-refractivity contribution is 7.92. The number of sulfonamides is 1. The predicted octanol–water partition coefficient (Wildman–Crippen LogP) is 2.74. The van der Waals surface area contributed by atoms with Gasteiger partial charge < -0.3 is 0 Å². The summed E-state index contributed by atoms with van der Waals surface area (Å²) in [4.78, 5) is 15.1. The highest BCUT2D eigenvalue weighted by Gasteiger charge is 2.15. The maximum atomic E-state index is 12.2. The summed E-state index contributed by atoms with van der Waals surface area (Å²) in [6, 6.07) is 8.80. The largest absolute Gasteiger partial charge is 0.295 e. The minimum absolute atomic E-state index is 0.0140. The van der Waals surface area contributed by atoms with Crippen LogP contribution in [0.25, 0.3) is 0 Å². The Morgan fingerprint density at radius 1 is 1.25 bits per heavy atom. The number of benzene rings is 1. The molecule has 7 heteroatoms. The third-order valence-electron chi connectivity index (χ3n) is 2.53. The molecule has 0 spiro atoms. The number of anilines is 1. The number of hydrogen-bond acceptors (Lipinski definition) is 4. The van der Waals surface area contributed by atoms with Crippen LogP contribution in [0.4, 0.5) is 5.69 Å². The van der Waals surface area contributed by atoms with Crippen molar-refractivity contribution in [2.24, 2.45) is 0 Å². The van der Waals surface area contributed by atoms with Gasteiger partial charge in [0.25, 0.3) is 10.0 Å². The van der Waals surface area contributed by atoms with E-state index < -0.39 is 10.0 Å². The quantitative estimate of drug-likeness (QED) is 0.696. The summed E-state index contributed by atoms with van der Waals surface area (Å²) in [7, 11) is -3.77. The van der Waals surface area contributed by atoms with Crippen LogP contribution >= 0.6 is 11.6 Å². The molecule has 0 aliphatic carbocycles. The minimum atomic E-state index is -3.77. The average Bonchev–Trinajstić information content (AvgIpc) is 2.41. The molecule has 0 aliphatic rings. The SMILES string of the molecule is CC(=O)c1cccc(S(=O)(=O)Nc2ccc(Cl)nc2)c1. The van der Waals surface area contributed by atoms with Crippen LogP contribution in [-0.2, 0) is 10.0 Å². The molecule has 1 aromatic carbocycles. The van der Waals surface area contributed by atoms with E-state index in [0.29, 0.717) is 11.3 Å². The van der Waals surface area contributed by atoms with E-state index in [9.17, 15) is 13.2 Å². The predicted molar refractivity (Wildman–Crippen MR) is 76.5 cm³/mol. The molecule has 0 aliphatic heterocycles. The number of carbonyl (C=O) groups excluding carboxylic acids is 1. The molecular formula is C13H11ClN2O3S. The van der Waals surface area contributed by atoms with Crippen molar-refractivity contribution < 1.29 is 13.2 Å². The van der Waals surface area contributed by atoms with E-state index in [4.69, 9.17) is 11.6 Å². The number of aromatic nitrogens is 1. The number of carbonyl (C=O) groups is 1. The molecular weight excluding hydrogens is 300 g/mol. The third-order valence-corrected chi connectivity index (χ3v) is 4.13. The topological polar surface area (TPSA) is 76.1 Å². The molecule has 1 aromatic heterocycles. The third kappa shape index (κ3) is 3.34. The normalized spacial score (nSPS) is 11.1. The van der Waals surface area contributed by atoms with E-state index in [1.807, 2.05) is 0 Å². The fraction of sp³-hybridized carbons (Fsp3) is 0.0769. The molecule has 0 atom stereocenters. The number of hydrogen-bond donors (Lipinski definition) is 1. The van der Waals surface area contributed by atoms with Gasteiger partial charge in [-0.25, -0.2) is 13.4 Å². The monoisotopic (exact) mass is 310 g/mol. The maximum absolute atomic E-state index is 12.2. The summed E-state index contributed by atoms with van der Waals surface area (Å²) in [5.41, 5.74) is 0.629. The van der Waals surface area contributed by atoms with Crippen LogP contribution in [0.3, 0.4) is 0 Å². The summed E-state index contributed by atoms with van der Waals surface area (Å²) in [5.74, 6) is -0.199. The van der Waals surface area contributed by atoms with Crippen LogP contribution in [-0.4, -0.2) is 19.2 Å². The molecule has 20 heavy (non-hydrogen) atoms. The number of rotatable bonds is 4. The van der Waals surface area contributed by atoms with E-state index >= 15 is 0 Å². The Kier molecular flexibility index (Phi) is 4.06. The van der Waals surface area contributed by atoms with Gasteiger partial charge in [-0.05, 0) is 31.2 Å². The first-order valence-electron chi connectivity index (χ1n) is 5.64. The van der Waals surface area contributed by atoms with Crippen LogP contribution in [0.1, 0.15) is 17.3 Å². The lowest BCUT2D eigenvalue weighted by Crippen LogP contribution is -2.13. The summed E-state index contributed by atoms with van der Waals surface area (Å²) < 4.78 is 26.7. The number of pyridine rings is 1. The van der Waals surface area contributed by atoms with Crippen molar-refractivity contribution in [2.75, 3.05) is 4.72 Å². The maximum Gasteiger partial charge on any atom is 0.261 e. The number of nitrogens with zero attached hydrogens (tertiary/aromatic N) is 1. The van der Waals surface area contributed by atoms with E-state index in [2.05, 4.69) is 9.71 Å². The molecule has 1 heterocycles. The molecule has 0 radical (unpaired) electrons. The number of nitrogens with one attached hydrogen (secondary N) is 1. The standard InChI is InChI=1S/C13H11ClN2O3S/c1-9(17)10-3-2-4-12(7-10)20(18,19)16-11-5-6-13(14)15-8-11/h2-8,16H,1H3. The smallest absolute Gasteiger partial charge is 0.261 e. The molecule has 2 aromatic rings. The summed E-state index contributed by atoms with van der Waals surface area (Å²) in [5, 5.41) is 0.270. The zero-order valence-corrected chi connectivity index (χ0v) is 12.1. The Morgan fingerprint density at radius 2 is 2.00 bits per heavy atom. The van der Waals surface area contributed by atoms with Gasteiger partial charge in [-0.1, -0.05) is 23.7 Å². The fourth-order valence-corrected chi connectivity index (χ4v) is 2.73. The second kappa shape index (κ2) is 5.60. The Morgan fingerprint density at radius 3 is 2.60 bits per heavy atom. The number of halogens is 1. The highest BCUT2D eigenvalue weighted by atomic mass is 35.5. The van der Waals surface area contributed by atoms with Crippen LogP contribution < -0.4 is 4.72 Å². The Labute approximate surface area is 121 Å². The summed E-state index contributed by atoms with van der Waals surface area (Å²) in [6.45, 7) is 1.38. The van der Waals surface area contributed by atoms with Gasteiger partial charge in [-0.2, -0.15) is 0 Å². The molecule has 0 bridgehead atoms. The Bertz CT molecular complexity index is 742. The van der Waals surface area contributed by atoms with Crippen molar-refractivity contribution in [2.45, 2.75) is 11.8 Å².